The highest BCUT2D eigenvalue weighted by Crippen LogP contribution is 2.28. The summed E-state index contributed by atoms with van der Waals surface area (Å²) >= 11 is 2.65. The fourth-order valence-corrected chi connectivity index (χ4v) is 4.79. The molecule has 31 heavy (non-hydrogen) atoms. The summed E-state index contributed by atoms with van der Waals surface area (Å²) in [5, 5.41) is 23.6. The van der Waals surface area contributed by atoms with E-state index in [0.29, 0.717) is 22.3 Å². The molecule has 3 heterocycles. The van der Waals surface area contributed by atoms with Crippen molar-refractivity contribution in [2.75, 3.05) is 24.8 Å². The quantitative estimate of drug-likeness (QED) is 0.516. The standard InChI is InChI=1S/C21H21N5O3S2/c1-28-16-6-4-14(5-7-16)19-24-25-21(26(19)12-17-3-2-9-29-17)31-13-18(27)23-20-15(11-22)8-10-30-20/h4-8,10,17H,2-3,9,12-13H2,1H3,(H,23,27). The van der Waals surface area contributed by atoms with Crippen LogP contribution in [0.4, 0.5) is 5.00 Å². The number of thioether (sulfide) groups is 1. The summed E-state index contributed by atoms with van der Waals surface area (Å²) in [6.45, 7) is 1.39. The van der Waals surface area contributed by atoms with Crippen LogP contribution < -0.4 is 10.1 Å². The first kappa shape index (κ1) is 21.4. The second kappa shape index (κ2) is 9.96. The Balaban J connectivity index is 1.51. The highest BCUT2D eigenvalue weighted by atomic mass is 32.2. The van der Waals surface area contributed by atoms with E-state index in [4.69, 9.17) is 14.7 Å². The predicted octanol–water partition coefficient (Wildman–Crippen LogP) is 3.80. The number of hydrogen-bond donors (Lipinski definition) is 1. The molecule has 4 rings (SSSR count). The number of nitrogens with one attached hydrogen (secondary N) is 1. The minimum atomic E-state index is -0.193. The molecule has 0 saturated carbocycles. The van der Waals surface area contributed by atoms with Crippen LogP contribution in [0.5, 0.6) is 5.75 Å². The predicted molar refractivity (Wildman–Crippen MR) is 119 cm³/mol. The smallest absolute Gasteiger partial charge is 0.235 e. The van der Waals surface area contributed by atoms with Crippen molar-refractivity contribution in [1.82, 2.24) is 14.8 Å². The van der Waals surface area contributed by atoms with Gasteiger partial charge in [0.25, 0.3) is 0 Å². The Labute approximate surface area is 188 Å². The van der Waals surface area contributed by atoms with E-state index in [1.165, 1.54) is 23.1 Å². The van der Waals surface area contributed by atoms with E-state index in [1.807, 2.05) is 28.8 Å². The normalized spacial score (nSPS) is 15.5. The monoisotopic (exact) mass is 455 g/mol. The lowest BCUT2D eigenvalue weighted by molar-refractivity contribution is -0.113. The lowest BCUT2D eigenvalue weighted by Gasteiger charge is -2.15. The summed E-state index contributed by atoms with van der Waals surface area (Å²) in [5.41, 5.74) is 1.38. The number of thiophene rings is 1. The molecule has 0 spiro atoms. The fraction of sp³-hybridized carbons (Fsp3) is 0.333. The largest absolute Gasteiger partial charge is 0.497 e. The van der Waals surface area contributed by atoms with Crippen LogP contribution in [0.2, 0.25) is 0 Å². The number of hydrogen-bond acceptors (Lipinski definition) is 8. The molecule has 0 bridgehead atoms. The highest BCUT2D eigenvalue weighted by molar-refractivity contribution is 7.99. The van der Waals surface area contributed by atoms with Crippen LogP contribution in [0.1, 0.15) is 18.4 Å². The molecule has 1 aliphatic heterocycles. The molecule has 1 aromatic carbocycles. The van der Waals surface area contributed by atoms with E-state index in [9.17, 15) is 4.79 Å². The van der Waals surface area contributed by atoms with Crippen LogP contribution in [0.15, 0.2) is 40.9 Å². The number of methoxy groups -OCH3 is 1. The molecule has 1 fully saturated rings. The first-order chi connectivity index (χ1) is 15.2. The van der Waals surface area contributed by atoms with Gasteiger partial charge in [-0.2, -0.15) is 5.26 Å². The molecule has 1 amide bonds. The van der Waals surface area contributed by atoms with Gasteiger partial charge in [-0.15, -0.1) is 21.5 Å². The van der Waals surface area contributed by atoms with Crippen LogP contribution in [-0.2, 0) is 16.1 Å². The minimum absolute atomic E-state index is 0.102. The van der Waals surface area contributed by atoms with Gasteiger partial charge in [-0.3, -0.25) is 9.36 Å². The number of ether oxygens (including phenoxy) is 2. The molecule has 1 saturated heterocycles. The highest BCUT2D eigenvalue weighted by Gasteiger charge is 2.22. The van der Waals surface area contributed by atoms with E-state index >= 15 is 0 Å². The molecule has 1 aliphatic rings. The fourth-order valence-electron chi connectivity index (χ4n) is 3.29. The summed E-state index contributed by atoms with van der Waals surface area (Å²) in [4.78, 5) is 12.4. The lowest BCUT2D eigenvalue weighted by Crippen LogP contribution is -2.18. The molecule has 1 unspecified atom stereocenters. The molecule has 10 heteroatoms. The van der Waals surface area contributed by atoms with Crippen LogP contribution in [0.3, 0.4) is 0 Å². The van der Waals surface area contributed by atoms with E-state index < -0.39 is 0 Å². The van der Waals surface area contributed by atoms with Gasteiger partial charge in [0.1, 0.15) is 16.8 Å². The molecule has 0 aliphatic carbocycles. The van der Waals surface area contributed by atoms with Gasteiger partial charge in [-0.25, -0.2) is 0 Å². The Morgan fingerprint density at radius 1 is 1.39 bits per heavy atom. The molecular weight excluding hydrogens is 434 g/mol. The van der Waals surface area contributed by atoms with Gasteiger partial charge in [0.15, 0.2) is 11.0 Å². The van der Waals surface area contributed by atoms with Crippen molar-refractivity contribution >= 4 is 34.0 Å². The summed E-state index contributed by atoms with van der Waals surface area (Å²) in [6.07, 6.45) is 2.13. The number of amides is 1. The number of rotatable bonds is 8. The molecule has 3 aromatic rings. The van der Waals surface area contributed by atoms with E-state index in [2.05, 4.69) is 21.6 Å². The Morgan fingerprint density at radius 3 is 2.94 bits per heavy atom. The number of carbonyl (C=O) groups is 1. The zero-order chi connectivity index (χ0) is 21.6. The van der Waals surface area contributed by atoms with Gasteiger partial charge < -0.3 is 14.8 Å². The van der Waals surface area contributed by atoms with Gasteiger partial charge >= 0.3 is 0 Å². The third-order valence-corrected chi connectivity index (χ3v) is 6.64. The minimum Gasteiger partial charge on any atom is -0.497 e. The Morgan fingerprint density at radius 2 is 2.23 bits per heavy atom. The SMILES string of the molecule is COc1ccc(-c2nnc(SCC(=O)Nc3sccc3C#N)n2CC2CCCO2)cc1. The van der Waals surface area contributed by atoms with E-state index in [-0.39, 0.29) is 17.8 Å². The van der Waals surface area contributed by atoms with Crippen molar-refractivity contribution in [3.05, 3.63) is 41.3 Å². The number of aromatic nitrogens is 3. The molecule has 1 N–H and O–H groups in total. The number of anilines is 1. The van der Waals surface area contributed by atoms with Crippen LogP contribution >= 0.6 is 23.1 Å². The third-order valence-electron chi connectivity index (χ3n) is 4.85. The second-order valence-corrected chi connectivity index (χ2v) is 8.75. The van der Waals surface area contributed by atoms with Crippen molar-refractivity contribution in [1.29, 1.82) is 5.26 Å². The third kappa shape index (κ3) is 5.07. The average molecular weight is 456 g/mol. The van der Waals surface area contributed by atoms with Gasteiger partial charge in [-0.05, 0) is 48.6 Å². The van der Waals surface area contributed by atoms with Gasteiger partial charge in [0.05, 0.1) is 31.1 Å². The van der Waals surface area contributed by atoms with Crippen molar-refractivity contribution < 1.29 is 14.3 Å². The Bertz CT molecular complexity index is 1080. The average Bonchev–Trinajstić information content (AvgIpc) is 3.54. The van der Waals surface area contributed by atoms with Crippen molar-refractivity contribution in [2.45, 2.75) is 30.6 Å². The second-order valence-electron chi connectivity index (χ2n) is 6.89. The summed E-state index contributed by atoms with van der Waals surface area (Å²) in [7, 11) is 1.63. The molecular formula is C21H21N5O3S2. The van der Waals surface area contributed by atoms with Gasteiger partial charge in [-0.1, -0.05) is 11.8 Å². The first-order valence-electron chi connectivity index (χ1n) is 9.77. The number of nitrogens with zero attached hydrogens (tertiary/aromatic N) is 4. The van der Waals surface area contributed by atoms with Gasteiger partial charge in [0.2, 0.25) is 5.91 Å². The van der Waals surface area contributed by atoms with Crippen LogP contribution in [-0.4, -0.2) is 46.2 Å². The molecule has 2 aromatic heterocycles. The van der Waals surface area contributed by atoms with Gasteiger partial charge in [0, 0.05) is 12.2 Å². The van der Waals surface area contributed by atoms with Crippen molar-refractivity contribution in [3.8, 4) is 23.2 Å². The zero-order valence-electron chi connectivity index (χ0n) is 16.9. The maximum Gasteiger partial charge on any atom is 0.235 e. The maximum absolute atomic E-state index is 12.4. The number of nitriles is 1. The van der Waals surface area contributed by atoms with Crippen molar-refractivity contribution in [3.63, 3.8) is 0 Å². The Kier molecular flexibility index (Phi) is 6.86. The zero-order valence-corrected chi connectivity index (χ0v) is 18.5. The molecule has 8 nitrogen and oxygen atoms in total. The molecule has 1 atom stereocenters. The number of carbonyl (C=O) groups excluding carboxylic acids is 1. The molecule has 0 radical (unpaired) electrons. The molecule has 160 valence electrons. The van der Waals surface area contributed by atoms with Crippen LogP contribution in [0.25, 0.3) is 11.4 Å². The summed E-state index contributed by atoms with van der Waals surface area (Å²) in [5.74, 6) is 1.47. The van der Waals surface area contributed by atoms with Crippen LogP contribution in [0, 0.1) is 11.3 Å². The first-order valence-corrected chi connectivity index (χ1v) is 11.6. The van der Waals surface area contributed by atoms with Crippen molar-refractivity contribution in [2.24, 2.45) is 0 Å². The summed E-state index contributed by atoms with van der Waals surface area (Å²) < 4.78 is 13.1. The Hall–Kier alpha value is -2.87. The maximum atomic E-state index is 12.4. The lowest BCUT2D eigenvalue weighted by atomic mass is 10.2. The topological polar surface area (TPSA) is 102 Å². The van der Waals surface area contributed by atoms with E-state index in [0.717, 1.165) is 36.6 Å². The van der Waals surface area contributed by atoms with E-state index in [1.54, 1.807) is 18.6 Å². The summed E-state index contributed by atoms with van der Waals surface area (Å²) in [6, 6.07) is 11.4. The number of benzene rings is 1.